The molecule has 1 aliphatic rings. The molecule has 0 radical (unpaired) electrons. The maximum atomic E-state index is 6.41. The summed E-state index contributed by atoms with van der Waals surface area (Å²) in [7, 11) is 0. The molecule has 84 valence electrons. The van der Waals surface area contributed by atoms with Crippen LogP contribution >= 0.6 is 0 Å². The fourth-order valence-electron chi connectivity index (χ4n) is 2.71. The van der Waals surface area contributed by atoms with E-state index in [9.17, 15) is 0 Å². The smallest absolute Gasteiger partial charge is 0.0157 e. The van der Waals surface area contributed by atoms with E-state index >= 15 is 0 Å². The summed E-state index contributed by atoms with van der Waals surface area (Å²) in [6.45, 7) is 6.89. The molecule has 0 aromatic rings. The molecule has 2 N–H and O–H groups in total. The molecular weight excluding hydrogens is 170 g/mol. The minimum atomic E-state index is 0.204. The van der Waals surface area contributed by atoms with Gasteiger partial charge in [0.25, 0.3) is 0 Å². The lowest BCUT2D eigenvalue weighted by atomic mass is 9.89. The molecule has 0 saturated heterocycles. The standard InChI is InChI=1S/C13H27N/c1-4-12-7-9-13(14,10-12)8-5-6-11(2)3/h11-12H,4-10,14H2,1-3H3. The molecule has 0 bridgehead atoms. The first-order valence-corrected chi connectivity index (χ1v) is 6.34. The molecule has 1 aliphatic carbocycles. The normalized spacial score (nSPS) is 32.8. The van der Waals surface area contributed by atoms with Gasteiger partial charge in [0.1, 0.15) is 0 Å². The summed E-state index contributed by atoms with van der Waals surface area (Å²) >= 11 is 0. The summed E-state index contributed by atoms with van der Waals surface area (Å²) in [6.07, 6.45) is 9.16. The van der Waals surface area contributed by atoms with Crippen molar-refractivity contribution in [3.63, 3.8) is 0 Å². The Morgan fingerprint density at radius 3 is 2.64 bits per heavy atom. The molecule has 0 amide bonds. The Bertz CT molecular complexity index is 165. The molecule has 0 spiro atoms. The molecule has 2 unspecified atom stereocenters. The van der Waals surface area contributed by atoms with Crippen LogP contribution < -0.4 is 5.73 Å². The van der Waals surface area contributed by atoms with Crippen molar-refractivity contribution in [1.29, 1.82) is 0 Å². The Labute approximate surface area is 89.5 Å². The summed E-state index contributed by atoms with van der Waals surface area (Å²) in [4.78, 5) is 0. The molecule has 0 heterocycles. The summed E-state index contributed by atoms with van der Waals surface area (Å²) in [6, 6.07) is 0. The Morgan fingerprint density at radius 1 is 1.43 bits per heavy atom. The van der Waals surface area contributed by atoms with E-state index in [0.29, 0.717) is 0 Å². The highest BCUT2D eigenvalue weighted by atomic mass is 14.8. The zero-order chi connectivity index (χ0) is 10.6. The van der Waals surface area contributed by atoms with Crippen LogP contribution in [0.1, 0.15) is 65.7 Å². The quantitative estimate of drug-likeness (QED) is 0.714. The highest BCUT2D eigenvalue weighted by Crippen LogP contribution is 2.37. The van der Waals surface area contributed by atoms with Crippen molar-refractivity contribution in [2.24, 2.45) is 17.6 Å². The third-order valence-corrected chi connectivity index (χ3v) is 3.78. The van der Waals surface area contributed by atoms with E-state index in [1.807, 2.05) is 0 Å². The number of hydrogen-bond acceptors (Lipinski definition) is 1. The van der Waals surface area contributed by atoms with E-state index in [1.165, 1.54) is 44.9 Å². The second-order valence-corrected chi connectivity index (χ2v) is 5.67. The van der Waals surface area contributed by atoms with E-state index in [2.05, 4.69) is 20.8 Å². The first kappa shape index (κ1) is 12.0. The second kappa shape index (κ2) is 5.16. The Morgan fingerprint density at radius 2 is 2.14 bits per heavy atom. The first-order chi connectivity index (χ1) is 6.56. The zero-order valence-electron chi connectivity index (χ0n) is 10.2. The van der Waals surface area contributed by atoms with Gasteiger partial charge < -0.3 is 5.73 Å². The van der Waals surface area contributed by atoms with Crippen molar-refractivity contribution < 1.29 is 0 Å². The van der Waals surface area contributed by atoms with Crippen molar-refractivity contribution in [3.05, 3.63) is 0 Å². The van der Waals surface area contributed by atoms with Gasteiger partial charge in [-0.15, -0.1) is 0 Å². The minimum absolute atomic E-state index is 0.204. The van der Waals surface area contributed by atoms with E-state index in [-0.39, 0.29) is 5.54 Å². The van der Waals surface area contributed by atoms with Gasteiger partial charge in [0, 0.05) is 5.54 Å². The Hall–Kier alpha value is -0.0400. The highest BCUT2D eigenvalue weighted by molar-refractivity contribution is 4.92. The van der Waals surface area contributed by atoms with Crippen molar-refractivity contribution in [1.82, 2.24) is 0 Å². The molecule has 0 aliphatic heterocycles. The van der Waals surface area contributed by atoms with Gasteiger partial charge >= 0.3 is 0 Å². The molecule has 1 fully saturated rings. The van der Waals surface area contributed by atoms with E-state index in [4.69, 9.17) is 5.73 Å². The Balaban J connectivity index is 2.23. The third kappa shape index (κ3) is 3.61. The van der Waals surface area contributed by atoms with E-state index < -0.39 is 0 Å². The molecule has 1 rings (SSSR count). The van der Waals surface area contributed by atoms with Crippen LogP contribution in [-0.4, -0.2) is 5.54 Å². The molecule has 2 atom stereocenters. The van der Waals surface area contributed by atoms with E-state index in [1.54, 1.807) is 0 Å². The monoisotopic (exact) mass is 197 g/mol. The molecule has 1 saturated carbocycles. The molecule has 1 nitrogen and oxygen atoms in total. The van der Waals surface area contributed by atoms with Gasteiger partial charge in [-0.05, 0) is 37.5 Å². The third-order valence-electron chi connectivity index (χ3n) is 3.78. The summed E-state index contributed by atoms with van der Waals surface area (Å²) < 4.78 is 0. The first-order valence-electron chi connectivity index (χ1n) is 6.34. The SMILES string of the molecule is CCC1CCC(N)(CCCC(C)C)C1. The topological polar surface area (TPSA) is 26.0 Å². The predicted molar refractivity (Wildman–Crippen MR) is 63.2 cm³/mol. The van der Waals surface area contributed by atoms with E-state index in [0.717, 1.165) is 11.8 Å². The van der Waals surface area contributed by atoms with Crippen molar-refractivity contribution >= 4 is 0 Å². The van der Waals surface area contributed by atoms with Gasteiger partial charge in [0.05, 0.1) is 0 Å². The van der Waals surface area contributed by atoms with Gasteiger partial charge in [0.15, 0.2) is 0 Å². The minimum Gasteiger partial charge on any atom is -0.325 e. The molecular formula is C13H27N. The Kier molecular flexibility index (Phi) is 4.43. The average molecular weight is 197 g/mol. The van der Waals surface area contributed by atoms with Gasteiger partial charge in [-0.1, -0.05) is 40.0 Å². The second-order valence-electron chi connectivity index (χ2n) is 5.67. The maximum absolute atomic E-state index is 6.41. The van der Waals surface area contributed by atoms with Crippen LogP contribution in [0, 0.1) is 11.8 Å². The zero-order valence-corrected chi connectivity index (χ0v) is 10.2. The van der Waals surface area contributed by atoms with Crippen LogP contribution in [0.5, 0.6) is 0 Å². The van der Waals surface area contributed by atoms with Gasteiger partial charge in [-0.3, -0.25) is 0 Å². The largest absolute Gasteiger partial charge is 0.325 e. The fourth-order valence-corrected chi connectivity index (χ4v) is 2.71. The molecule has 0 aromatic heterocycles. The number of rotatable bonds is 5. The fraction of sp³-hybridized carbons (Fsp3) is 1.00. The van der Waals surface area contributed by atoms with Gasteiger partial charge in [-0.25, -0.2) is 0 Å². The lowest BCUT2D eigenvalue weighted by molar-refractivity contribution is 0.357. The summed E-state index contributed by atoms with van der Waals surface area (Å²) in [5, 5.41) is 0. The van der Waals surface area contributed by atoms with Crippen LogP contribution in [0.4, 0.5) is 0 Å². The molecule has 0 aromatic carbocycles. The van der Waals surface area contributed by atoms with Crippen LogP contribution in [0.2, 0.25) is 0 Å². The van der Waals surface area contributed by atoms with Crippen LogP contribution in [-0.2, 0) is 0 Å². The number of hydrogen-bond donors (Lipinski definition) is 1. The molecule has 14 heavy (non-hydrogen) atoms. The van der Waals surface area contributed by atoms with Gasteiger partial charge in [0.2, 0.25) is 0 Å². The predicted octanol–water partition coefficient (Wildman–Crippen LogP) is 3.72. The highest BCUT2D eigenvalue weighted by Gasteiger charge is 2.33. The van der Waals surface area contributed by atoms with Gasteiger partial charge in [-0.2, -0.15) is 0 Å². The molecule has 1 heteroatoms. The van der Waals surface area contributed by atoms with Crippen LogP contribution in [0.25, 0.3) is 0 Å². The van der Waals surface area contributed by atoms with Crippen molar-refractivity contribution in [2.75, 3.05) is 0 Å². The average Bonchev–Trinajstić information content (AvgIpc) is 2.47. The summed E-state index contributed by atoms with van der Waals surface area (Å²) in [5.74, 6) is 1.75. The number of nitrogens with two attached hydrogens (primary N) is 1. The maximum Gasteiger partial charge on any atom is 0.0157 e. The lowest BCUT2D eigenvalue weighted by Crippen LogP contribution is -2.36. The van der Waals surface area contributed by atoms with Crippen molar-refractivity contribution in [2.45, 2.75) is 71.3 Å². The van der Waals surface area contributed by atoms with Crippen LogP contribution in [0.15, 0.2) is 0 Å². The lowest BCUT2D eigenvalue weighted by Gasteiger charge is -2.24. The van der Waals surface area contributed by atoms with Crippen molar-refractivity contribution in [3.8, 4) is 0 Å². The van der Waals surface area contributed by atoms with Crippen LogP contribution in [0.3, 0.4) is 0 Å². The summed E-state index contributed by atoms with van der Waals surface area (Å²) in [5.41, 5.74) is 6.62.